The largest absolute Gasteiger partial charge is 0.314 e. The van der Waals surface area contributed by atoms with Crippen LogP contribution in [0.15, 0.2) is 0 Å². The summed E-state index contributed by atoms with van der Waals surface area (Å²) in [5.41, 5.74) is 0. The molecule has 0 radical (unpaired) electrons. The Hall–Kier alpha value is -0.0400. The van der Waals surface area contributed by atoms with E-state index in [1.165, 1.54) is 32.2 Å². The van der Waals surface area contributed by atoms with Gasteiger partial charge in [0, 0.05) is 6.04 Å². The molecule has 0 saturated heterocycles. The first kappa shape index (κ1) is 10.1. The van der Waals surface area contributed by atoms with E-state index < -0.39 is 0 Å². The molecule has 0 aromatic heterocycles. The van der Waals surface area contributed by atoms with Gasteiger partial charge in [-0.1, -0.05) is 19.8 Å². The van der Waals surface area contributed by atoms with Gasteiger partial charge in [-0.2, -0.15) is 0 Å². The van der Waals surface area contributed by atoms with Crippen LogP contribution in [-0.2, 0) is 0 Å². The monoisotopic (exact) mass is 207 g/mol. The lowest BCUT2D eigenvalue weighted by Gasteiger charge is -2.32. The molecule has 1 nitrogen and oxygen atoms in total. The molecule has 3 saturated carbocycles. The molecule has 3 fully saturated rings. The Morgan fingerprint density at radius 2 is 1.93 bits per heavy atom. The van der Waals surface area contributed by atoms with Crippen molar-refractivity contribution in [1.29, 1.82) is 0 Å². The van der Waals surface area contributed by atoms with E-state index in [1.54, 1.807) is 19.3 Å². The summed E-state index contributed by atoms with van der Waals surface area (Å²) in [5.74, 6) is 4.46. The van der Waals surface area contributed by atoms with Crippen LogP contribution in [0.5, 0.6) is 0 Å². The third-order valence-electron chi connectivity index (χ3n) is 5.37. The van der Waals surface area contributed by atoms with Crippen molar-refractivity contribution in [3.63, 3.8) is 0 Å². The van der Waals surface area contributed by atoms with Gasteiger partial charge in [0.2, 0.25) is 0 Å². The highest BCUT2D eigenvalue weighted by Gasteiger charge is 2.53. The molecule has 86 valence electrons. The van der Waals surface area contributed by atoms with Crippen LogP contribution in [0, 0.1) is 23.7 Å². The Bertz CT molecular complexity index is 225. The van der Waals surface area contributed by atoms with Gasteiger partial charge in [0.15, 0.2) is 0 Å². The van der Waals surface area contributed by atoms with Gasteiger partial charge in [0.1, 0.15) is 0 Å². The van der Waals surface area contributed by atoms with E-state index in [9.17, 15) is 0 Å². The van der Waals surface area contributed by atoms with Crippen LogP contribution >= 0.6 is 0 Å². The van der Waals surface area contributed by atoms with Crippen LogP contribution in [0.25, 0.3) is 0 Å². The SMILES string of the molecule is CCCCN[C@@H]1C[C@H]2C[C@H]1[C@H]1CCC[C@H]21. The minimum absolute atomic E-state index is 0.904. The molecule has 5 atom stereocenters. The Kier molecular flexibility index (Phi) is 2.76. The third kappa shape index (κ3) is 1.63. The van der Waals surface area contributed by atoms with Gasteiger partial charge >= 0.3 is 0 Å². The predicted octanol–water partition coefficient (Wildman–Crippen LogP) is 3.20. The molecule has 0 spiro atoms. The molecule has 0 unspecified atom stereocenters. The maximum Gasteiger partial charge on any atom is 0.0101 e. The molecule has 15 heavy (non-hydrogen) atoms. The molecule has 0 aliphatic heterocycles. The van der Waals surface area contributed by atoms with Crippen LogP contribution in [-0.4, -0.2) is 12.6 Å². The zero-order chi connectivity index (χ0) is 10.3. The molecule has 0 amide bonds. The van der Waals surface area contributed by atoms with Crippen molar-refractivity contribution in [3.05, 3.63) is 0 Å². The van der Waals surface area contributed by atoms with Crippen molar-refractivity contribution in [2.24, 2.45) is 23.7 Å². The minimum Gasteiger partial charge on any atom is -0.314 e. The fourth-order valence-electron chi connectivity index (χ4n) is 4.77. The van der Waals surface area contributed by atoms with Crippen molar-refractivity contribution in [2.45, 2.75) is 57.9 Å². The van der Waals surface area contributed by atoms with Gasteiger partial charge in [-0.3, -0.25) is 0 Å². The molecule has 0 heterocycles. The van der Waals surface area contributed by atoms with Gasteiger partial charge in [-0.25, -0.2) is 0 Å². The summed E-state index contributed by atoms with van der Waals surface area (Å²) in [5, 5.41) is 3.83. The lowest BCUT2D eigenvalue weighted by molar-refractivity contribution is 0.209. The van der Waals surface area contributed by atoms with Crippen molar-refractivity contribution in [2.75, 3.05) is 6.54 Å². The Morgan fingerprint density at radius 1 is 1.07 bits per heavy atom. The minimum atomic E-state index is 0.904. The van der Waals surface area contributed by atoms with E-state index in [4.69, 9.17) is 0 Å². The number of nitrogens with one attached hydrogen (secondary N) is 1. The zero-order valence-corrected chi connectivity index (χ0v) is 10.0. The van der Waals surface area contributed by atoms with Crippen molar-refractivity contribution in [3.8, 4) is 0 Å². The molecule has 2 bridgehead atoms. The fraction of sp³-hybridized carbons (Fsp3) is 1.00. The maximum atomic E-state index is 3.83. The quantitative estimate of drug-likeness (QED) is 0.698. The van der Waals surface area contributed by atoms with Crippen LogP contribution in [0.1, 0.15) is 51.9 Å². The number of rotatable bonds is 4. The molecular formula is C14H25N. The third-order valence-corrected chi connectivity index (χ3v) is 5.37. The molecule has 0 aromatic carbocycles. The van der Waals surface area contributed by atoms with Crippen LogP contribution < -0.4 is 5.32 Å². The Balaban J connectivity index is 1.56. The lowest BCUT2D eigenvalue weighted by atomic mass is 9.79. The molecule has 3 rings (SSSR count). The first-order valence-corrected chi connectivity index (χ1v) is 7.13. The molecule has 3 aliphatic carbocycles. The van der Waals surface area contributed by atoms with Gasteiger partial charge in [-0.15, -0.1) is 0 Å². The smallest absolute Gasteiger partial charge is 0.0101 e. The van der Waals surface area contributed by atoms with Gasteiger partial charge in [-0.05, 0) is 62.3 Å². The summed E-state index contributed by atoms with van der Waals surface area (Å²) < 4.78 is 0. The predicted molar refractivity (Wildman–Crippen MR) is 63.7 cm³/mol. The lowest BCUT2D eigenvalue weighted by Crippen LogP contribution is -2.39. The highest BCUT2D eigenvalue weighted by atomic mass is 14.9. The van der Waals surface area contributed by atoms with Gasteiger partial charge in [0.25, 0.3) is 0 Å². The van der Waals surface area contributed by atoms with E-state index >= 15 is 0 Å². The van der Waals surface area contributed by atoms with E-state index in [-0.39, 0.29) is 0 Å². The second kappa shape index (κ2) is 4.08. The summed E-state index contributed by atoms with van der Waals surface area (Å²) in [6, 6.07) is 0.904. The van der Waals surface area contributed by atoms with Crippen LogP contribution in [0.3, 0.4) is 0 Å². The summed E-state index contributed by atoms with van der Waals surface area (Å²) in [6.07, 6.45) is 10.4. The average molecular weight is 207 g/mol. The van der Waals surface area contributed by atoms with E-state index in [2.05, 4.69) is 12.2 Å². The van der Waals surface area contributed by atoms with E-state index in [1.807, 2.05) is 0 Å². The van der Waals surface area contributed by atoms with Crippen molar-refractivity contribution in [1.82, 2.24) is 5.32 Å². The number of hydrogen-bond donors (Lipinski definition) is 1. The molecule has 0 aromatic rings. The van der Waals surface area contributed by atoms with Crippen LogP contribution in [0.2, 0.25) is 0 Å². The first-order chi connectivity index (χ1) is 7.40. The summed E-state index contributed by atoms with van der Waals surface area (Å²) in [6.45, 7) is 3.55. The van der Waals surface area contributed by atoms with E-state index in [0.29, 0.717) is 0 Å². The number of fused-ring (bicyclic) bond motifs is 5. The molecule has 3 aliphatic rings. The van der Waals surface area contributed by atoms with Crippen molar-refractivity contribution >= 4 is 0 Å². The van der Waals surface area contributed by atoms with E-state index in [0.717, 1.165) is 29.7 Å². The highest BCUT2D eigenvalue weighted by molar-refractivity contribution is 5.05. The Labute approximate surface area is 94.0 Å². The second-order valence-corrected chi connectivity index (χ2v) is 6.07. The average Bonchev–Trinajstić information content (AvgIpc) is 2.89. The Morgan fingerprint density at radius 3 is 2.80 bits per heavy atom. The molecule has 1 N–H and O–H groups in total. The number of unbranched alkanes of at least 4 members (excludes halogenated alkanes) is 1. The first-order valence-electron chi connectivity index (χ1n) is 7.13. The normalized spacial score (nSPS) is 47.4. The van der Waals surface area contributed by atoms with Gasteiger partial charge < -0.3 is 5.32 Å². The highest BCUT2D eigenvalue weighted by Crippen LogP contribution is 2.58. The zero-order valence-electron chi connectivity index (χ0n) is 10.0. The van der Waals surface area contributed by atoms with Crippen LogP contribution in [0.4, 0.5) is 0 Å². The van der Waals surface area contributed by atoms with Crippen molar-refractivity contribution < 1.29 is 0 Å². The standard InChI is InChI=1S/C14H25N/c1-2-3-7-15-14-9-10-8-13(14)12-6-4-5-11(10)12/h10-15H,2-9H2,1H3/t10-,11-,12+,13+,14-/m1/s1. The van der Waals surface area contributed by atoms with Gasteiger partial charge in [0.05, 0.1) is 0 Å². The summed E-state index contributed by atoms with van der Waals surface area (Å²) in [4.78, 5) is 0. The molecule has 1 heteroatoms. The summed E-state index contributed by atoms with van der Waals surface area (Å²) >= 11 is 0. The number of hydrogen-bond acceptors (Lipinski definition) is 1. The summed E-state index contributed by atoms with van der Waals surface area (Å²) in [7, 11) is 0. The second-order valence-electron chi connectivity index (χ2n) is 6.07. The fourth-order valence-corrected chi connectivity index (χ4v) is 4.77. The maximum absolute atomic E-state index is 3.83. The topological polar surface area (TPSA) is 12.0 Å². The molecular weight excluding hydrogens is 182 g/mol.